The first-order valence-corrected chi connectivity index (χ1v) is 6.78. The van der Waals surface area contributed by atoms with Crippen LogP contribution in [0.1, 0.15) is 28.9 Å². The molecule has 0 aliphatic carbocycles. The van der Waals surface area contributed by atoms with E-state index in [9.17, 15) is 4.79 Å². The SMILES string of the molecule is Cc1cccc2cc(C(=O)N3CCCC(N)C3)[nH]c12. The normalized spacial score (nSPS) is 19.9. The van der Waals surface area contributed by atoms with Gasteiger partial charge in [0.1, 0.15) is 5.69 Å². The number of fused-ring (bicyclic) bond motifs is 1. The summed E-state index contributed by atoms with van der Waals surface area (Å²) in [4.78, 5) is 17.6. The van der Waals surface area contributed by atoms with E-state index in [1.807, 2.05) is 36.1 Å². The molecule has 19 heavy (non-hydrogen) atoms. The Labute approximate surface area is 112 Å². The Hall–Kier alpha value is -1.81. The third-order valence-electron chi connectivity index (χ3n) is 3.84. The lowest BCUT2D eigenvalue weighted by Crippen LogP contribution is -2.45. The molecule has 1 aliphatic heterocycles. The maximum absolute atomic E-state index is 12.5. The van der Waals surface area contributed by atoms with E-state index in [1.54, 1.807) is 0 Å². The lowest BCUT2D eigenvalue weighted by atomic mass is 10.1. The highest BCUT2D eigenvalue weighted by Gasteiger charge is 2.23. The number of aromatic amines is 1. The highest BCUT2D eigenvalue weighted by atomic mass is 16.2. The highest BCUT2D eigenvalue weighted by molar-refractivity contribution is 5.98. The van der Waals surface area contributed by atoms with Crippen molar-refractivity contribution < 1.29 is 4.79 Å². The maximum Gasteiger partial charge on any atom is 0.270 e. The molecule has 4 nitrogen and oxygen atoms in total. The molecule has 2 heterocycles. The molecule has 4 heteroatoms. The molecular weight excluding hydrogens is 238 g/mol. The number of likely N-dealkylation sites (tertiary alicyclic amines) is 1. The third kappa shape index (κ3) is 2.24. The number of hydrogen-bond acceptors (Lipinski definition) is 2. The number of benzene rings is 1. The molecule has 1 aromatic heterocycles. The Morgan fingerprint density at radius 1 is 1.47 bits per heavy atom. The largest absolute Gasteiger partial charge is 0.350 e. The minimum atomic E-state index is 0.0609. The van der Waals surface area contributed by atoms with Crippen molar-refractivity contribution in [2.45, 2.75) is 25.8 Å². The summed E-state index contributed by atoms with van der Waals surface area (Å²) in [5, 5.41) is 1.09. The van der Waals surface area contributed by atoms with Crippen molar-refractivity contribution in [1.29, 1.82) is 0 Å². The molecule has 3 N–H and O–H groups in total. The van der Waals surface area contributed by atoms with Crippen molar-refractivity contribution >= 4 is 16.8 Å². The molecule has 1 saturated heterocycles. The van der Waals surface area contributed by atoms with Crippen LogP contribution in [-0.2, 0) is 0 Å². The Bertz CT molecular complexity index is 617. The van der Waals surface area contributed by atoms with E-state index in [-0.39, 0.29) is 11.9 Å². The summed E-state index contributed by atoms with van der Waals surface area (Å²) in [5.41, 5.74) is 8.81. The van der Waals surface area contributed by atoms with Crippen molar-refractivity contribution in [2.75, 3.05) is 13.1 Å². The average Bonchev–Trinajstić information content (AvgIpc) is 2.83. The summed E-state index contributed by atoms with van der Waals surface area (Å²) in [6, 6.07) is 8.13. The van der Waals surface area contributed by atoms with Crippen molar-refractivity contribution in [2.24, 2.45) is 5.73 Å². The van der Waals surface area contributed by atoms with Crippen LogP contribution in [0.2, 0.25) is 0 Å². The van der Waals surface area contributed by atoms with Gasteiger partial charge in [0.25, 0.3) is 5.91 Å². The van der Waals surface area contributed by atoms with Gasteiger partial charge in [-0.3, -0.25) is 4.79 Å². The van der Waals surface area contributed by atoms with Crippen molar-refractivity contribution in [3.05, 3.63) is 35.5 Å². The fraction of sp³-hybridized carbons (Fsp3) is 0.400. The number of carbonyl (C=O) groups is 1. The van der Waals surface area contributed by atoms with Crippen LogP contribution in [0.15, 0.2) is 24.3 Å². The summed E-state index contributed by atoms with van der Waals surface area (Å²) in [6.07, 6.45) is 2.00. The van der Waals surface area contributed by atoms with Gasteiger partial charge in [-0.15, -0.1) is 0 Å². The summed E-state index contributed by atoms with van der Waals surface area (Å²) >= 11 is 0. The number of aryl methyl sites for hydroxylation is 1. The number of aromatic nitrogens is 1. The number of hydrogen-bond donors (Lipinski definition) is 2. The molecule has 0 saturated carbocycles. The number of H-pyrrole nitrogens is 1. The zero-order valence-corrected chi connectivity index (χ0v) is 11.1. The molecule has 3 rings (SSSR count). The highest BCUT2D eigenvalue weighted by Crippen LogP contribution is 2.20. The van der Waals surface area contributed by atoms with E-state index < -0.39 is 0 Å². The van der Waals surface area contributed by atoms with Gasteiger partial charge in [-0.1, -0.05) is 18.2 Å². The monoisotopic (exact) mass is 257 g/mol. The molecule has 2 aromatic rings. The number of carbonyl (C=O) groups excluding carboxylic acids is 1. The van der Waals surface area contributed by atoms with Crippen LogP contribution < -0.4 is 5.73 Å². The number of para-hydroxylation sites is 1. The molecule has 1 aliphatic rings. The Morgan fingerprint density at radius 3 is 3.05 bits per heavy atom. The molecule has 1 amide bonds. The van der Waals surface area contributed by atoms with Crippen LogP contribution in [0.4, 0.5) is 0 Å². The van der Waals surface area contributed by atoms with E-state index in [0.717, 1.165) is 35.9 Å². The molecule has 0 spiro atoms. The van der Waals surface area contributed by atoms with Gasteiger partial charge in [-0.05, 0) is 31.4 Å². The minimum Gasteiger partial charge on any atom is -0.350 e. The Morgan fingerprint density at radius 2 is 2.32 bits per heavy atom. The molecule has 1 fully saturated rings. The van der Waals surface area contributed by atoms with Gasteiger partial charge in [-0.2, -0.15) is 0 Å². The van der Waals surface area contributed by atoms with Crippen molar-refractivity contribution in [3.8, 4) is 0 Å². The van der Waals surface area contributed by atoms with Crippen LogP contribution in [0.3, 0.4) is 0 Å². The van der Waals surface area contributed by atoms with Gasteiger partial charge in [0.15, 0.2) is 0 Å². The van der Waals surface area contributed by atoms with E-state index in [0.29, 0.717) is 12.2 Å². The summed E-state index contributed by atoms with van der Waals surface area (Å²) in [5.74, 6) is 0.0609. The number of nitrogens with two attached hydrogens (primary N) is 1. The van der Waals surface area contributed by atoms with Crippen LogP contribution >= 0.6 is 0 Å². The van der Waals surface area contributed by atoms with E-state index >= 15 is 0 Å². The number of rotatable bonds is 1. The number of nitrogens with one attached hydrogen (secondary N) is 1. The first kappa shape index (κ1) is 12.2. The van der Waals surface area contributed by atoms with Crippen LogP contribution in [0.25, 0.3) is 10.9 Å². The predicted molar refractivity (Wildman–Crippen MR) is 76.1 cm³/mol. The topological polar surface area (TPSA) is 62.1 Å². The van der Waals surface area contributed by atoms with Crippen molar-refractivity contribution in [3.63, 3.8) is 0 Å². The zero-order valence-electron chi connectivity index (χ0n) is 11.1. The quantitative estimate of drug-likeness (QED) is 0.821. The number of amides is 1. The standard InChI is InChI=1S/C15H19N3O/c1-10-4-2-5-11-8-13(17-14(10)11)15(19)18-7-3-6-12(16)9-18/h2,4-5,8,12,17H,3,6-7,9,16H2,1H3. The van der Waals surface area contributed by atoms with Gasteiger partial charge in [0.05, 0.1) is 0 Å². The van der Waals surface area contributed by atoms with E-state index in [1.165, 1.54) is 0 Å². The molecule has 1 atom stereocenters. The van der Waals surface area contributed by atoms with Crippen LogP contribution in [0, 0.1) is 6.92 Å². The number of nitrogens with zero attached hydrogens (tertiary/aromatic N) is 1. The first-order valence-electron chi connectivity index (χ1n) is 6.78. The predicted octanol–water partition coefficient (Wildman–Crippen LogP) is 2.04. The summed E-state index contributed by atoms with van der Waals surface area (Å²) in [7, 11) is 0. The lowest BCUT2D eigenvalue weighted by Gasteiger charge is -2.30. The smallest absolute Gasteiger partial charge is 0.270 e. The van der Waals surface area contributed by atoms with Gasteiger partial charge < -0.3 is 15.6 Å². The second-order valence-corrected chi connectivity index (χ2v) is 5.38. The van der Waals surface area contributed by atoms with E-state index in [2.05, 4.69) is 4.98 Å². The molecule has 1 aromatic carbocycles. The molecule has 100 valence electrons. The molecule has 0 bridgehead atoms. The molecule has 1 unspecified atom stereocenters. The summed E-state index contributed by atoms with van der Waals surface area (Å²) < 4.78 is 0. The Balaban J connectivity index is 1.91. The maximum atomic E-state index is 12.5. The lowest BCUT2D eigenvalue weighted by molar-refractivity contribution is 0.0704. The van der Waals surface area contributed by atoms with Gasteiger partial charge >= 0.3 is 0 Å². The second kappa shape index (κ2) is 4.70. The van der Waals surface area contributed by atoms with Gasteiger partial charge in [-0.25, -0.2) is 0 Å². The zero-order chi connectivity index (χ0) is 13.4. The average molecular weight is 257 g/mol. The van der Waals surface area contributed by atoms with E-state index in [4.69, 9.17) is 5.73 Å². The third-order valence-corrected chi connectivity index (χ3v) is 3.84. The number of piperidine rings is 1. The molecule has 0 radical (unpaired) electrons. The first-order chi connectivity index (χ1) is 9.15. The Kier molecular flexibility index (Phi) is 3.03. The van der Waals surface area contributed by atoms with Crippen molar-refractivity contribution in [1.82, 2.24) is 9.88 Å². The minimum absolute atomic E-state index is 0.0609. The fourth-order valence-electron chi connectivity index (χ4n) is 2.79. The van der Waals surface area contributed by atoms with Gasteiger partial charge in [0.2, 0.25) is 0 Å². The van der Waals surface area contributed by atoms with Crippen LogP contribution in [0.5, 0.6) is 0 Å². The molecular formula is C15H19N3O. The summed E-state index contributed by atoms with van der Waals surface area (Å²) in [6.45, 7) is 3.51. The fourth-order valence-corrected chi connectivity index (χ4v) is 2.79. The van der Waals surface area contributed by atoms with Gasteiger partial charge in [0, 0.05) is 30.0 Å². The van der Waals surface area contributed by atoms with Crippen LogP contribution in [-0.4, -0.2) is 34.9 Å². The second-order valence-electron chi connectivity index (χ2n) is 5.38.